The van der Waals surface area contributed by atoms with Gasteiger partial charge in [0, 0.05) is 6.04 Å². The van der Waals surface area contributed by atoms with Crippen molar-refractivity contribution in [2.75, 3.05) is 19.0 Å². The maximum absolute atomic E-state index is 12.1. The molecule has 0 spiro atoms. The number of rotatable bonds is 6. The van der Waals surface area contributed by atoms with Crippen molar-refractivity contribution in [1.29, 1.82) is 0 Å². The minimum Gasteiger partial charge on any atom is -0.496 e. The molecule has 1 aromatic rings. The zero-order chi connectivity index (χ0) is 17.4. The highest BCUT2D eigenvalue weighted by Crippen LogP contribution is 2.28. The number of nitro benzene ring substituents is 1. The van der Waals surface area contributed by atoms with Crippen LogP contribution in [0.4, 0.5) is 11.4 Å². The summed E-state index contributed by atoms with van der Waals surface area (Å²) in [7, 11) is 1.44. The third-order valence-electron chi connectivity index (χ3n) is 4.33. The van der Waals surface area contributed by atoms with Crippen molar-refractivity contribution in [3.05, 3.63) is 28.3 Å². The average Bonchev–Trinajstić information content (AvgIpc) is 2.54. The summed E-state index contributed by atoms with van der Waals surface area (Å²) in [6.45, 7) is 0.161. The number of methoxy groups -OCH3 is 1. The molecule has 1 aliphatic rings. The van der Waals surface area contributed by atoms with Crippen LogP contribution in [0.2, 0.25) is 0 Å². The van der Waals surface area contributed by atoms with Gasteiger partial charge in [-0.2, -0.15) is 0 Å². The Bertz CT molecular complexity index is 569. The molecular weight excluding hydrogens is 310 g/mol. The zero-order valence-corrected chi connectivity index (χ0v) is 14.0. The van der Waals surface area contributed by atoms with E-state index in [1.165, 1.54) is 51.3 Å². The van der Waals surface area contributed by atoms with Crippen LogP contribution in [0.15, 0.2) is 18.2 Å². The number of carbonyl (C=O) groups is 1. The third-order valence-corrected chi connectivity index (χ3v) is 4.33. The molecule has 1 fully saturated rings. The molecule has 2 N–H and O–H groups in total. The Morgan fingerprint density at radius 3 is 2.54 bits per heavy atom. The van der Waals surface area contributed by atoms with Crippen LogP contribution < -0.4 is 15.4 Å². The van der Waals surface area contributed by atoms with Gasteiger partial charge in [-0.1, -0.05) is 32.1 Å². The van der Waals surface area contributed by atoms with Gasteiger partial charge < -0.3 is 15.4 Å². The largest absolute Gasteiger partial charge is 0.496 e. The van der Waals surface area contributed by atoms with Crippen LogP contribution in [-0.4, -0.2) is 30.5 Å². The number of ether oxygens (including phenoxy) is 1. The minimum atomic E-state index is -0.527. The molecule has 0 radical (unpaired) electrons. The first-order chi connectivity index (χ1) is 11.6. The summed E-state index contributed by atoms with van der Waals surface area (Å²) in [5.74, 6) is 0.109. The quantitative estimate of drug-likeness (QED) is 0.615. The van der Waals surface area contributed by atoms with Crippen LogP contribution in [0.1, 0.15) is 44.9 Å². The van der Waals surface area contributed by atoms with E-state index in [0.717, 1.165) is 12.8 Å². The molecule has 7 nitrogen and oxygen atoms in total. The van der Waals surface area contributed by atoms with Gasteiger partial charge in [-0.25, -0.2) is 0 Å². The van der Waals surface area contributed by atoms with Crippen molar-refractivity contribution < 1.29 is 14.5 Å². The van der Waals surface area contributed by atoms with E-state index < -0.39 is 4.92 Å². The second-order valence-electron chi connectivity index (χ2n) is 6.11. The predicted molar refractivity (Wildman–Crippen MR) is 92.4 cm³/mol. The van der Waals surface area contributed by atoms with Gasteiger partial charge in [-0.05, 0) is 25.0 Å². The molecule has 0 aromatic heterocycles. The van der Waals surface area contributed by atoms with E-state index in [1.807, 2.05) is 0 Å². The molecule has 0 saturated heterocycles. The summed E-state index contributed by atoms with van der Waals surface area (Å²) in [6, 6.07) is 4.73. The molecule has 0 atom stereocenters. The maximum atomic E-state index is 12.1. The maximum Gasteiger partial charge on any atom is 0.296 e. The highest BCUT2D eigenvalue weighted by Gasteiger charge is 2.18. The van der Waals surface area contributed by atoms with E-state index in [4.69, 9.17) is 4.74 Å². The lowest BCUT2D eigenvalue weighted by Crippen LogP contribution is -2.36. The first kappa shape index (κ1) is 18.2. The fourth-order valence-corrected chi connectivity index (χ4v) is 2.99. The van der Waals surface area contributed by atoms with Crippen LogP contribution in [0.3, 0.4) is 0 Å². The number of nitrogens with zero attached hydrogens (tertiary/aromatic N) is 1. The van der Waals surface area contributed by atoms with Crippen LogP contribution in [0.25, 0.3) is 0 Å². The Balaban J connectivity index is 1.90. The topological polar surface area (TPSA) is 93.5 Å². The van der Waals surface area contributed by atoms with Crippen molar-refractivity contribution in [3.8, 4) is 5.75 Å². The van der Waals surface area contributed by atoms with Crippen molar-refractivity contribution in [2.45, 2.75) is 51.0 Å². The number of nitrogens with one attached hydrogen (secondary N) is 2. The van der Waals surface area contributed by atoms with Gasteiger partial charge in [-0.3, -0.25) is 14.9 Å². The van der Waals surface area contributed by atoms with Crippen LogP contribution in [0, 0.1) is 10.1 Å². The van der Waals surface area contributed by atoms with Gasteiger partial charge in [0.1, 0.15) is 11.4 Å². The zero-order valence-electron chi connectivity index (χ0n) is 14.0. The van der Waals surface area contributed by atoms with Gasteiger partial charge >= 0.3 is 0 Å². The molecule has 2 rings (SSSR count). The molecule has 7 heteroatoms. The summed E-state index contributed by atoms with van der Waals surface area (Å²) in [5.41, 5.74) is 0.0129. The highest BCUT2D eigenvalue weighted by molar-refractivity contribution is 5.94. The monoisotopic (exact) mass is 335 g/mol. The number of nitro groups is 1. The highest BCUT2D eigenvalue weighted by atomic mass is 16.6. The number of hydrogen-bond acceptors (Lipinski definition) is 5. The molecule has 1 amide bonds. The van der Waals surface area contributed by atoms with Crippen molar-refractivity contribution in [1.82, 2.24) is 5.32 Å². The van der Waals surface area contributed by atoms with Crippen molar-refractivity contribution in [3.63, 3.8) is 0 Å². The molecular formula is C17H25N3O4. The third kappa shape index (κ3) is 5.49. The Morgan fingerprint density at radius 2 is 1.92 bits per heavy atom. The fourth-order valence-electron chi connectivity index (χ4n) is 2.99. The normalized spacial score (nSPS) is 16.0. The molecule has 1 aliphatic carbocycles. The lowest BCUT2D eigenvalue weighted by Gasteiger charge is -2.20. The second kappa shape index (κ2) is 9.22. The molecule has 1 saturated carbocycles. The van der Waals surface area contributed by atoms with E-state index in [2.05, 4.69) is 10.6 Å². The standard InChI is InChI=1S/C17H25N3O4/c1-24-14-9-10-15(16(11-14)20(22)23)19-17(21)12-18-13-7-5-3-2-4-6-8-13/h9-11,13,18H,2-8,12H2,1H3,(H,19,21). The lowest BCUT2D eigenvalue weighted by atomic mass is 9.97. The number of benzene rings is 1. The van der Waals surface area contributed by atoms with Gasteiger partial charge in [0.2, 0.25) is 5.91 Å². The van der Waals surface area contributed by atoms with E-state index in [1.54, 1.807) is 6.07 Å². The number of hydrogen-bond donors (Lipinski definition) is 2. The summed E-state index contributed by atoms with van der Waals surface area (Å²) in [6.07, 6.45) is 8.33. The van der Waals surface area contributed by atoms with Crippen LogP contribution in [0.5, 0.6) is 5.75 Å². The SMILES string of the molecule is COc1ccc(NC(=O)CNC2CCCCCCC2)c([N+](=O)[O-])c1. The summed E-state index contributed by atoms with van der Waals surface area (Å²) in [4.78, 5) is 22.7. The molecule has 1 aromatic carbocycles. The Hall–Kier alpha value is -2.15. The van der Waals surface area contributed by atoms with Gasteiger partial charge in [-0.15, -0.1) is 0 Å². The van der Waals surface area contributed by atoms with Crippen molar-refractivity contribution >= 4 is 17.3 Å². The average molecular weight is 335 g/mol. The Kier molecular flexibility index (Phi) is 6.99. The van der Waals surface area contributed by atoms with E-state index >= 15 is 0 Å². The fraction of sp³-hybridized carbons (Fsp3) is 0.588. The predicted octanol–water partition coefficient (Wildman–Crippen LogP) is 3.24. The molecule has 0 heterocycles. The molecule has 0 bridgehead atoms. The minimum absolute atomic E-state index is 0.161. The summed E-state index contributed by atoms with van der Waals surface area (Å²) < 4.78 is 4.98. The van der Waals surface area contributed by atoms with Gasteiger partial charge in [0.25, 0.3) is 5.69 Å². The summed E-state index contributed by atoms with van der Waals surface area (Å²) in [5, 5.41) is 17.0. The molecule has 0 unspecified atom stereocenters. The second-order valence-corrected chi connectivity index (χ2v) is 6.11. The number of anilines is 1. The number of carbonyl (C=O) groups excluding carboxylic acids is 1. The lowest BCUT2D eigenvalue weighted by molar-refractivity contribution is -0.384. The van der Waals surface area contributed by atoms with E-state index in [0.29, 0.717) is 11.8 Å². The molecule has 24 heavy (non-hydrogen) atoms. The number of amides is 1. The molecule has 0 aliphatic heterocycles. The first-order valence-corrected chi connectivity index (χ1v) is 8.46. The van der Waals surface area contributed by atoms with Crippen molar-refractivity contribution in [2.24, 2.45) is 0 Å². The van der Waals surface area contributed by atoms with Crippen LogP contribution >= 0.6 is 0 Å². The summed E-state index contributed by atoms with van der Waals surface area (Å²) >= 11 is 0. The van der Waals surface area contributed by atoms with Crippen LogP contribution in [-0.2, 0) is 4.79 Å². The van der Waals surface area contributed by atoms with E-state index in [9.17, 15) is 14.9 Å². The Morgan fingerprint density at radius 1 is 1.25 bits per heavy atom. The van der Waals surface area contributed by atoms with Gasteiger partial charge in [0.05, 0.1) is 24.6 Å². The van der Waals surface area contributed by atoms with Gasteiger partial charge in [0.15, 0.2) is 0 Å². The Labute approximate surface area is 141 Å². The smallest absolute Gasteiger partial charge is 0.296 e. The first-order valence-electron chi connectivity index (χ1n) is 8.46. The van der Waals surface area contributed by atoms with E-state index in [-0.39, 0.29) is 23.8 Å². The molecule has 132 valence electrons.